The average Bonchev–Trinajstić information content (AvgIpc) is 3.26. The summed E-state index contributed by atoms with van der Waals surface area (Å²) >= 11 is 4.51. The topological polar surface area (TPSA) is 116 Å². The van der Waals surface area contributed by atoms with E-state index in [-0.39, 0.29) is 17.3 Å². The highest BCUT2D eigenvalue weighted by Crippen LogP contribution is 2.27. The number of non-ortho nitro benzene ring substituents is 1. The van der Waals surface area contributed by atoms with Crippen molar-refractivity contribution in [1.29, 1.82) is 0 Å². The Labute approximate surface area is 172 Å². The summed E-state index contributed by atoms with van der Waals surface area (Å²) in [5.74, 6) is 0.973. The fourth-order valence-electron chi connectivity index (χ4n) is 2.46. The van der Waals surface area contributed by atoms with Gasteiger partial charge in [-0.1, -0.05) is 24.8 Å². The Morgan fingerprint density at radius 3 is 2.86 bits per heavy atom. The van der Waals surface area contributed by atoms with Crippen molar-refractivity contribution in [3.63, 3.8) is 0 Å². The number of rotatable bonds is 8. The highest BCUT2D eigenvalue weighted by atomic mass is 79.9. The van der Waals surface area contributed by atoms with Crippen LogP contribution in [0.4, 0.5) is 11.4 Å². The Balaban J connectivity index is 1.68. The number of carbonyl (C=O) groups is 1. The molecule has 146 valence electrons. The monoisotopic (exact) mass is 465 g/mol. The lowest BCUT2D eigenvalue weighted by atomic mass is 10.3. The van der Waals surface area contributed by atoms with Gasteiger partial charge in [-0.15, -0.1) is 10.2 Å². The number of hydrogen-bond donors (Lipinski definition) is 1. The van der Waals surface area contributed by atoms with E-state index in [4.69, 9.17) is 4.42 Å². The number of anilines is 1. The number of thioether (sulfide) groups is 1. The number of nitro groups is 1. The van der Waals surface area contributed by atoms with E-state index in [9.17, 15) is 14.9 Å². The van der Waals surface area contributed by atoms with E-state index in [0.717, 1.165) is 6.42 Å². The van der Waals surface area contributed by atoms with Gasteiger partial charge < -0.3 is 9.73 Å². The first kappa shape index (κ1) is 20.1. The number of aromatic nitrogens is 3. The van der Waals surface area contributed by atoms with Crippen LogP contribution in [0.3, 0.4) is 0 Å². The van der Waals surface area contributed by atoms with E-state index < -0.39 is 4.92 Å². The van der Waals surface area contributed by atoms with E-state index in [2.05, 4.69) is 31.4 Å². The summed E-state index contributed by atoms with van der Waals surface area (Å²) < 4.78 is 8.05. The van der Waals surface area contributed by atoms with Crippen LogP contribution in [0.15, 0.2) is 50.6 Å². The number of amides is 1. The molecule has 0 radical (unpaired) electrons. The lowest BCUT2D eigenvalue weighted by molar-refractivity contribution is -0.384. The standard InChI is InChI=1S/C17H16BrN5O4S/c1-2-8-22-16(13-6-7-14(18)27-13)20-21-17(22)28-10-15(24)19-11-4-3-5-12(9-11)23(25)26/h3-7,9H,2,8,10H2,1H3,(H,19,24). The predicted octanol–water partition coefficient (Wildman–Crippen LogP) is 4.35. The van der Waals surface area contributed by atoms with Crippen LogP contribution in [0.2, 0.25) is 0 Å². The average molecular weight is 466 g/mol. The molecule has 0 spiro atoms. The first-order valence-electron chi connectivity index (χ1n) is 8.34. The summed E-state index contributed by atoms with van der Waals surface area (Å²) in [5, 5.41) is 22.4. The maximum absolute atomic E-state index is 12.2. The number of nitro benzene ring substituents is 1. The molecule has 0 atom stereocenters. The van der Waals surface area contributed by atoms with Crippen molar-refractivity contribution >= 4 is 45.0 Å². The maximum atomic E-state index is 12.2. The molecule has 3 rings (SSSR count). The molecule has 9 nitrogen and oxygen atoms in total. The second-order valence-electron chi connectivity index (χ2n) is 5.71. The number of nitrogens with one attached hydrogen (secondary N) is 1. The fraction of sp³-hybridized carbons (Fsp3) is 0.235. The molecule has 0 aliphatic carbocycles. The van der Waals surface area contributed by atoms with Gasteiger partial charge in [-0.05, 0) is 40.5 Å². The first-order valence-corrected chi connectivity index (χ1v) is 10.1. The summed E-state index contributed by atoms with van der Waals surface area (Å²) in [6.07, 6.45) is 0.861. The molecule has 3 aromatic rings. The van der Waals surface area contributed by atoms with Crippen molar-refractivity contribution in [3.8, 4) is 11.6 Å². The summed E-state index contributed by atoms with van der Waals surface area (Å²) in [5.41, 5.74) is 0.290. The Morgan fingerprint density at radius 2 is 2.18 bits per heavy atom. The molecule has 1 N–H and O–H groups in total. The van der Waals surface area contributed by atoms with E-state index in [1.165, 1.54) is 30.0 Å². The maximum Gasteiger partial charge on any atom is 0.271 e. The van der Waals surface area contributed by atoms with Crippen molar-refractivity contribution in [2.24, 2.45) is 0 Å². The number of halogens is 1. The third-order valence-corrected chi connectivity index (χ3v) is 5.02. The largest absolute Gasteiger partial charge is 0.446 e. The Kier molecular flexibility index (Phi) is 6.47. The smallest absolute Gasteiger partial charge is 0.271 e. The number of hydrogen-bond acceptors (Lipinski definition) is 7. The highest BCUT2D eigenvalue weighted by Gasteiger charge is 2.18. The van der Waals surface area contributed by atoms with Crippen molar-refractivity contribution < 1.29 is 14.1 Å². The van der Waals surface area contributed by atoms with E-state index in [0.29, 0.717) is 33.6 Å². The van der Waals surface area contributed by atoms with E-state index >= 15 is 0 Å². The number of carbonyl (C=O) groups excluding carboxylic acids is 1. The van der Waals surface area contributed by atoms with Gasteiger partial charge in [0, 0.05) is 24.4 Å². The lowest BCUT2D eigenvalue weighted by Crippen LogP contribution is -2.14. The molecule has 28 heavy (non-hydrogen) atoms. The van der Waals surface area contributed by atoms with Gasteiger partial charge >= 0.3 is 0 Å². The quantitative estimate of drug-likeness (QED) is 0.298. The molecule has 2 heterocycles. The zero-order valence-corrected chi connectivity index (χ0v) is 17.2. The van der Waals surface area contributed by atoms with Crippen molar-refractivity contribution in [3.05, 3.63) is 51.2 Å². The molecule has 0 saturated carbocycles. The van der Waals surface area contributed by atoms with Crippen molar-refractivity contribution in [2.75, 3.05) is 11.1 Å². The number of nitrogens with zero attached hydrogens (tertiary/aromatic N) is 4. The molecule has 0 unspecified atom stereocenters. The number of benzene rings is 1. The van der Waals surface area contributed by atoms with Crippen LogP contribution in [-0.2, 0) is 11.3 Å². The Hall–Kier alpha value is -2.66. The molecule has 1 amide bonds. The predicted molar refractivity (Wildman–Crippen MR) is 108 cm³/mol. The van der Waals surface area contributed by atoms with Gasteiger partial charge in [0.2, 0.25) is 11.7 Å². The van der Waals surface area contributed by atoms with Gasteiger partial charge in [0.05, 0.1) is 10.7 Å². The van der Waals surface area contributed by atoms with Crippen LogP contribution in [0.5, 0.6) is 0 Å². The minimum Gasteiger partial charge on any atom is -0.446 e. The Morgan fingerprint density at radius 1 is 1.36 bits per heavy atom. The molecular weight excluding hydrogens is 450 g/mol. The third kappa shape index (κ3) is 4.78. The van der Waals surface area contributed by atoms with Gasteiger partial charge in [0.25, 0.3) is 5.69 Å². The molecule has 11 heteroatoms. The summed E-state index contributed by atoms with van der Waals surface area (Å²) in [6.45, 7) is 2.71. The number of furan rings is 1. The minimum atomic E-state index is -0.508. The molecule has 0 bridgehead atoms. The normalized spacial score (nSPS) is 10.8. The van der Waals surface area contributed by atoms with Crippen molar-refractivity contribution in [1.82, 2.24) is 14.8 Å². The van der Waals surface area contributed by atoms with E-state index in [1.807, 2.05) is 11.5 Å². The fourth-order valence-corrected chi connectivity index (χ4v) is 3.53. The first-order chi connectivity index (χ1) is 13.5. The molecular formula is C17H16BrN5O4S. The van der Waals surface area contributed by atoms with Crippen LogP contribution in [0, 0.1) is 10.1 Å². The van der Waals surface area contributed by atoms with Crippen molar-refractivity contribution in [2.45, 2.75) is 25.0 Å². The lowest BCUT2D eigenvalue weighted by Gasteiger charge is -2.08. The Bertz CT molecular complexity index is 1000. The zero-order chi connectivity index (χ0) is 20.1. The molecule has 0 saturated heterocycles. The van der Waals surface area contributed by atoms with Gasteiger partial charge in [-0.3, -0.25) is 19.5 Å². The van der Waals surface area contributed by atoms with Crippen LogP contribution in [-0.4, -0.2) is 31.3 Å². The van der Waals surface area contributed by atoms with Crippen LogP contribution >= 0.6 is 27.7 Å². The van der Waals surface area contributed by atoms with E-state index in [1.54, 1.807) is 18.2 Å². The molecule has 0 aliphatic rings. The minimum absolute atomic E-state index is 0.0811. The van der Waals surface area contributed by atoms with Gasteiger partial charge in [0.15, 0.2) is 15.6 Å². The van der Waals surface area contributed by atoms with Crippen LogP contribution in [0.25, 0.3) is 11.6 Å². The molecule has 0 fully saturated rings. The summed E-state index contributed by atoms with van der Waals surface area (Å²) in [4.78, 5) is 22.6. The third-order valence-electron chi connectivity index (χ3n) is 3.63. The second kappa shape index (κ2) is 9.02. The summed E-state index contributed by atoms with van der Waals surface area (Å²) in [6, 6.07) is 9.37. The molecule has 0 aliphatic heterocycles. The van der Waals surface area contributed by atoms with Gasteiger partial charge in [-0.25, -0.2) is 0 Å². The summed E-state index contributed by atoms with van der Waals surface area (Å²) in [7, 11) is 0. The SMILES string of the molecule is CCCn1c(SCC(=O)Nc2cccc([N+](=O)[O-])c2)nnc1-c1ccc(Br)o1. The molecule has 2 aromatic heterocycles. The van der Waals surface area contributed by atoms with Gasteiger partial charge in [-0.2, -0.15) is 0 Å². The molecule has 1 aromatic carbocycles. The van der Waals surface area contributed by atoms with Gasteiger partial charge in [0.1, 0.15) is 0 Å². The highest BCUT2D eigenvalue weighted by molar-refractivity contribution is 9.10. The van der Waals surface area contributed by atoms with Crippen LogP contribution < -0.4 is 5.32 Å². The van der Waals surface area contributed by atoms with Crippen LogP contribution in [0.1, 0.15) is 13.3 Å². The second-order valence-corrected chi connectivity index (χ2v) is 7.43. The zero-order valence-electron chi connectivity index (χ0n) is 14.8.